The number of carbonyl (C=O) groups is 1. The van der Waals surface area contributed by atoms with Crippen LogP contribution < -0.4 is 11.1 Å². The SMILES string of the molecule is CC(C)CCCCCCNC(=O)c1cc(Cl)c(N)c(Cl)c1. The average molecular weight is 331 g/mol. The van der Waals surface area contributed by atoms with Crippen LogP contribution >= 0.6 is 23.2 Å². The summed E-state index contributed by atoms with van der Waals surface area (Å²) in [5, 5.41) is 3.49. The molecule has 0 saturated carbocycles. The van der Waals surface area contributed by atoms with Gasteiger partial charge >= 0.3 is 0 Å². The molecule has 5 heteroatoms. The molecule has 1 aromatic carbocycles. The number of hydrogen-bond donors (Lipinski definition) is 2. The monoisotopic (exact) mass is 330 g/mol. The molecule has 3 N–H and O–H groups in total. The van der Waals surface area contributed by atoms with Crippen LogP contribution in [0.3, 0.4) is 0 Å². The number of nitrogens with one attached hydrogen (secondary N) is 1. The van der Waals surface area contributed by atoms with Gasteiger partial charge in [0, 0.05) is 12.1 Å². The summed E-state index contributed by atoms with van der Waals surface area (Å²) in [5.41, 5.74) is 6.39. The number of anilines is 1. The number of nitrogen functional groups attached to an aromatic ring is 1. The molecule has 0 bridgehead atoms. The number of carbonyl (C=O) groups excluding carboxylic acids is 1. The molecule has 0 aliphatic rings. The quantitative estimate of drug-likeness (QED) is 0.525. The molecule has 0 heterocycles. The van der Waals surface area contributed by atoms with Crippen LogP contribution in [0.25, 0.3) is 0 Å². The van der Waals surface area contributed by atoms with E-state index >= 15 is 0 Å². The van der Waals surface area contributed by atoms with E-state index < -0.39 is 0 Å². The highest BCUT2D eigenvalue weighted by Gasteiger charge is 2.10. The Balaban J connectivity index is 2.28. The van der Waals surface area contributed by atoms with E-state index in [9.17, 15) is 4.79 Å². The maximum atomic E-state index is 12.0. The fourth-order valence-corrected chi connectivity index (χ4v) is 2.54. The first-order valence-corrected chi connectivity index (χ1v) is 8.20. The Hall–Kier alpha value is -0.930. The number of benzene rings is 1. The van der Waals surface area contributed by atoms with Gasteiger partial charge in [-0.1, -0.05) is 62.7 Å². The summed E-state index contributed by atoms with van der Waals surface area (Å²) in [7, 11) is 0. The fraction of sp³-hybridized carbons (Fsp3) is 0.562. The van der Waals surface area contributed by atoms with E-state index in [1.807, 2.05) is 0 Å². The van der Waals surface area contributed by atoms with E-state index in [1.165, 1.54) is 19.3 Å². The van der Waals surface area contributed by atoms with E-state index in [0.29, 0.717) is 27.8 Å². The zero-order valence-corrected chi connectivity index (χ0v) is 14.2. The molecule has 0 radical (unpaired) electrons. The van der Waals surface area contributed by atoms with Gasteiger partial charge < -0.3 is 11.1 Å². The molecule has 0 saturated heterocycles. The Morgan fingerprint density at radius 3 is 2.29 bits per heavy atom. The van der Waals surface area contributed by atoms with Crippen molar-refractivity contribution in [3.05, 3.63) is 27.7 Å². The molecular formula is C16H24Cl2N2O. The van der Waals surface area contributed by atoms with Crippen LogP contribution in [0.4, 0.5) is 5.69 Å². The van der Waals surface area contributed by atoms with Gasteiger partial charge in [-0.05, 0) is 24.5 Å². The molecule has 0 unspecified atom stereocenters. The highest BCUT2D eigenvalue weighted by molar-refractivity contribution is 6.39. The Labute approximate surface area is 137 Å². The van der Waals surface area contributed by atoms with Crippen LogP contribution in [-0.2, 0) is 0 Å². The van der Waals surface area contributed by atoms with E-state index in [4.69, 9.17) is 28.9 Å². The predicted octanol–water partition coefficient (Wildman–Crippen LogP) is 4.91. The van der Waals surface area contributed by atoms with Crippen molar-refractivity contribution in [1.29, 1.82) is 0 Å². The molecule has 0 aromatic heterocycles. The minimum Gasteiger partial charge on any atom is -0.396 e. The lowest BCUT2D eigenvalue weighted by Crippen LogP contribution is -2.24. The number of hydrogen-bond acceptors (Lipinski definition) is 2. The lowest BCUT2D eigenvalue weighted by atomic mass is 10.0. The van der Waals surface area contributed by atoms with Gasteiger partial charge in [-0.25, -0.2) is 0 Å². The van der Waals surface area contributed by atoms with Gasteiger partial charge in [0.25, 0.3) is 5.91 Å². The Morgan fingerprint density at radius 1 is 1.14 bits per heavy atom. The Bertz CT molecular complexity index is 452. The summed E-state index contributed by atoms with van der Waals surface area (Å²) in [4.78, 5) is 12.0. The van der Waals surface area contributed by atoms with Gasteiger partial charge in [0.2, 0.25) is 0 Å². The van der Waals surface area contributed by atoms with Gasteiger partial charge in [0.1, 0.15) is 0 Å². The molecule has 118 valence electrons. The van der Waals surface area contributed by atoms with Crippen LogP contribution in [0.2, 0.25) is 10.0 Å². The lowest BCUT2D eigenvalue weighted by molar-refractivity contribution is 0.0953. The second kappa shape index (κ2) is 9.16. The van der Waals surface area contributed by atoms with Crippen LogP contribution in [0, 0.1) is 5.92 Å². The van der Waals surface area contributed by atoms with Gasteiger partial charge in [0.15, 0.2) is 0 Å². The van der Waals surface area contributed by atoms with Crippen molar-refractivity contribution in [3.63, 3.8) is 0 Å². The summed E-state index contributed by atoms with van der Waals surface area (Å²) in [6.45, 7) is 5.15. The zero-order chi connectivity index (χ0) is 15.8. The molecule has 21 heavy (non-hydrogen) atoms. The van der Waals surface area contributed by atoms with Gasteiger partial charge in [0.05, 0.1) is 15.7 Å². The van der Waals surface area contributed by atoms with Crippen molar-refractivity contribution < 1.29 is 4.79 Å². The molecule has 1 rings (SSSR count). The fourth-order valence-electron chi connectivity index (χ4n) is 2.05. The van der Waals surface area contributed by atoms with E-state index in [0.717, 1.165) is 18.8 Å². The highest BCUT2D eigenvalue weighted by Crippen LogP contribution is 2.28. The largest absolute Gasteiger partial charge is 0.396 e. The first-order valence-electron chi connectivity index (χ1n) is 7.44. The van der Waals surface area contributed by atoms with Crippen molar-refractivity contribution in [3.8, 4) is 0 Å². The maximum absolute atomic E-state index is 12.0. The summed E-state index contributed by atoms with van der Waals surface area (Å²) < 4.78 is 0. The van der Waals surface area contributed by atoms with E-state index in [1.54, 1.807) is 12.1 Å². The van der Waals surface area contributed by atoms with Crippen LogP contribution in [0.15, 0.2) is 12.1 Å². The second-order valence-corrected chi connectivity index (χ2v) is 6.52. The van der Waals surface area contributed by atoms with Crippen LogP contribution in [0.1, 0.15) is 56.3 Å². The van der Waals surface area contributed by atoms with Crippen molar-refractivity contribution in [1.82, 2.24) is 5.32 Å². The summed E-state index contributed by atoms with van der Waals surface area (Å²) in [5.74, 6) is 0.602. The first kappa shape index (κ1) is 18.1. The third-order valence-corrected chi connectivity index (χ3v) is 3.96. The number of rotatable bonds is 8. The number of nitrogens with two attached hydrogens (primary N) is 1. The van der Waals surface area contributed by atoms with Crippen molar-refractivity contribution in [2.45, 2.75) is 46.0 Å². The third-order valence-electron chi connectivity index (χ3n) is 3.34. The molecule has 0 aliphatic carbocycles. The third kappa shape index (κ3) is 6.58. The number of amides is 1. The molecule has 0 aliphatic heterocycles. The number of unbranched alkanes of at least 4 members (excludes halogenated alkanes) is 3. The van der Waals surface area contributed by atoms with Crippen LogP contribution in [-0.4, -0.2) is 12.5 Å². The molecule has 1 amide bonds. The van der Waals surface area contributed by atoms with Crippen molar-refractivity contribution in [2.75, 3.05) is 12.3 Å². The average Bonchev–Trinajstić information content (AvgIpc) is 2.42. The first-order chi connectivity index (χ1) is 9.91. The normalized spacial score (nSPS) is 10.9. The molecule has 1 aromatic rings. The van der Waals surface area contributed by atoms with Crippen molar-refractivity contribution in [2.24, 2.45) is 5.92 Å². The van der Waals surface area contributed by atoms with Gasteiger partial charge in [-0.2, -0.15) is 0 Å². The maximum Gasteiger partial charge on any atom is 0.251 e. The predicted molar refractivity (Wildman–Crippen MR) is 91.1 cm³/mol. The number of halogens is 2. The molecule has 0 fully saturated rings. The Kier molecular flexibility index (Phi) is 7.91. The minimum atomic E-state index is -0.166. The zero-order valence-electron chi connectivity index (χ0n) is 12.7. The lowest BCUT2D eigenvalue weighted by Gasteiger charge is -2.08. The molecule has 3 nitrogen and oxygen atoms in total. The van der Waals surface area contributed by atoms with Crippen molar-refractivity contribution >= 4 is 34.8 Å². The Morgan fingerprint density at radius 2 is 1.71 bits per heavy atom. The van der Waals surface area contributed by atoms with E-state index in [-0.39, 0.29) is 5.91 Å². The van der Waals surface area contributed by atoms with Gasteiger partial charge in [-0.15, -0.1) is 0 Å². The van der Waals surface area contributed by atoms with E-state index in [2.05, 4.69) is 19.2 Å². The smallest absolute Gasteiger partial charge is 0.251 e. The van der Waals surface area contributed by atoms with Crippen LogP contribution in [0.5, 0.6) is 0 Å². The molecular weight excluding hydrogens is 307 g/mol. The minimum absolute atomic E-state index is 0.166. The highest BCUT2D eigenvalue weighted by atomic mass is 35.5. The standard InChI is InChI=1S/C16H24Cl2N2O/c1-11(2)7-5-3-4-6-8-20-16(21)12-9-13(17)15(19)14(18)10-12/h9-11H,3-8,19H2,1-2H3,(H,20,21). The molecule has 0 spiro atoms. The molecule has 0 atom stereocenters. The second-order valence-electron chi connectivity index (χ2n) is 5.71. The summed E-state index contributed by atoms with van der Waals surface area (Å²) in [6, 6.07) is 3.08. The topological polar surface area (TPSA) is 55.1 Å². The summed E-state index contributed by atoms with van der Waals surface area (Å²) in [6.07, 6.45) is 5.87. The summed E-state index contributed by atoms with van der Waals surface area (Å²) >= 11 is 11.8. The van der Waals surface area contributed by atoms with Gasteiger partial charge in [-0.3, -0.25) is 4.79 Å².